The molecular formula is C31H34F4N4O5. The summed E-state index contributed by atoms with van der Waals surface area (Å²) in [5.74, 6) is -1.15. The highest BCUT2D eigenvalue weighted by Crippen LogP contribution is 2.46. The summed E-state index contributed by atoms with van der Waals surface area (Å²) in [5, 5.41) is 22.9. The van der Waals surface area contributed by atoms with Crippen LogP contribution in [0.15, 0.2) is 54.7 Å². The number of rotatable bonds is 8. The molecule has 0 spiro atoms. The molecule has 5 rings (SSSR count). The third kappa shape index (κ3) is 6.49. The second kappa shape index (κ2) is 12.8. The molecule has 0 saturated heterocycles. The lowest BCUT2D eigenvalue weighted by atomic mass is 9.89. The van der Waals surface area contributed by atoms with Crippen molar-refractivity contribution in [3.63, 3.8) is 0 Å². The van der Waals surface area contributed by atoms with Crippen LogP contribution in [0.2, 0.25) is 0 Å². The van der Waals surface area contributed by atoms with E-state index in [2.05, 4.69) is 29.1 Å². The number of hydrogen-bond donors (Lipinski definition) is 5. The first-order chi connectivity index (χ1) is 20.8. The summed E-state index contributed by atoms with van der Waals surface area (Å²) in [6, 6.07) is 10.3. The zero-order valence-corrected chi connectivity index (χ0v) is 24.4. The zero-order chi connectivity index (χ0) is 32.3. The standard InChI is InChI=1S/C28H26F4N4O5.C3H8/c1-26(33)14-41-24-19(26)12-21(36-23(24)15-2-4-18(29)5-3-15)27(39,28(30,31)32)13-35-25(38)17-10-16-6-7-34-22(16)20(11-17)40-9-8-37;1-3-2/h2-7,10-12,34,37,39H,8-9,13-14,33H2,1H3,(H,35,38);3H2,1-2H3. The van der Waals surface area contributed by atoms with E-state index in [1.807, 2.05) is 0 Å². The van der Waals surface area contributed by atoms with Crippen LogP contribution in [0, 0.1) is 5.82 Å². The number of aromatic nitrogens is 2. The molecule has 0 saturated carbocycles. The number of aromatic amines is 1. The number of nitrogens with zero attached hydrogens (tertiary/aromatic N) is 1. The Morgan fingerprint density at radius 2 is 1.86 bits per heavy atom. The molecule has 3 heterocycles. The molecule has 2 unspecified atom stereocenters. The molecule has 0 fully saturated rings. The molecule has 13 heteroatoms. The maximum Gasteiger partial charge on any atom is 0.424 e. The van der Waals surface area contributed by atoms with Gasteiger partial charge in [0.25, 0.3) is 5.91 Å². The topological polar surface area (TPSA) is 143 Å². The number of H-pyrrole nitrogens is 1. The summed E-state index contributed by atoms with van der Waals surface area (Å²) >= 11 is 0. The van der Waals surface area contributed by atoms with Crippen LogP contribution in [0.25, 0.3) is 22.2 Å². The highest BCUT2D eigenvalue weighted by molar-refractivity contribution is 6.00. The van der Waals surface area contributed by atoms with Crippen molar-refractivity contribution in [2.45, 2.75) is 44.5 Å². The van der Waals surface area contributed by atoms with E-state index in [4.69, 9.17) is 20.3 Å². The SMILES string of the molecule is CC1(N)COc2c1cc(C(O)(CNC(=O)c1cc(OCCO)c3[nH]ccc3c1)C(F)(F)F)nc2-c1ccc(F)cc1.CCC. The lowest BCUT2D eigenvalue weighted by molar-refractivity contribution is -0.265. The maximum absolute atomic E-state index is 14.5. The number of benzene rings is 2. The third-order valence-electron chi connectivity index (χ3n) is 6.85. The number of amides is 1. The monoisotopic (exact) mass is 618 g/mol. The van der Waals surface area contributed by atoms with Gasteiger partial charge in [-0.3, -0.25) is 4.79 Å². The van der Waals surface area contributed by atoms with Gasteiger partial charge in [0, 0.05) is 28.3 Å². The fourth-order valence-corrected chi connectivity index (χ4v) is 4.60. The van der Waals surface area contributed by atoms with E-state index in [-0.39, 0.29) is 53.7 Å². The number of hydrogen-bond acceptors (Lipinski definition) is 7. The summed E-state index contributed by atoms with van der Waals surface area (Å²) < 4.78 is 68.3. The van der Waals surface area contributed by atoms with Gasteiger partial charge in [-0.1, -0.05) is 20.3 Å². The Hall–Kier alpha value is -4.20. The quantitative estimate of drug-likeness (QED) is 0.177. The Labute approximate surface area is 251 Å². The fraction of sp³-hybridized carbons (Fsp3) is 0.355. The number of carbonyl (C=O) groups is 1. The van der Waals surface area contributed by atoms with Crippen LogP contribution >= 0.6 is 0 Å². The van der Waals surface area contributed by atoms with E-state index in [1.165, 1.54) is 30.7 Å². The number of ether oxygens (including phenoxy) is 2. The first-order valence-electron chi connectivity index (χ1n) is 13.9. The van der Waals surface area contributed by atoms with E-state index >= 15 is 0 Å². The van der Waals surface area contributed by atoms with Gasteiger partial charge in [0.1, 0.15) is 30.5 Å². The Morgan fingerprint density at radius 3 is 2.50 bits per heavy atom. The van der Waals surface area contributed by atoms with Crippen LogP contribution < -0.4 is 20.5 Å². The summed E-state index contributed by atoms with van der Waals surface area (Å²) in [7, 11) is 0. The van der Waals surface area contributed by atoms with Crippen LogP contribution in [0.1, 0.15) is 48.8 Å². The molecule has 44 heavy (non-hydrogen) atoms. The maximum atomic E-state index is 14.5. The molecule has 1 aliphatic heterocycles. The molecule has 0 aliphatic carbocycles. The predicted octanol–water partition coefficient (Wildman–Crippen LogP) is 4.90. The molecular weight excluding hydrogens is 584 g/mol. The minimum Gasteiger partial charge on any atom is -0.489 e. The molecule has 9 nitrogen and oxygen atoms in total. The average Bonchev–Trinajstić information content (AvgIpc) is 3.58. The number of carbonyl (C=O) groups excluding carboxylic acids is 1. The van der Waals surface area contributed by atoms with Gasteiger partial charge in [-0.2, -0.15) is 13.2 Å². The lowest BCUT2D eigenvalue weighted by Crippen LogP contribution is -2.51. The number of fused-ring (bicyclic) bond motifs is 2. The number of nitrogens with two attached hydrogens (primary N) is 1. The summed E-state index contributed by atoms with van der Waals surface area (Å²) in [6.07, 6.45) is -2.44. The number of pyridine rings is 1. The fourth-order valence-electron chi connectivity index (χ4n) is 4.60. The Balaban J connectivity index is 0.00000141. The molecule has 1 amide bonds. The van der Waals surface area contributed by atoms with Gasteiger partial charge in [0.05, 0.1) is 29.9 Å². The highest BCUT2D eigenvalue weighted by Gasteiger charge is 2.57. The number of halogens is 4. The van der Waals surface area contributed by atoms with Crippen LogP contribution in [0.4, 0.5) is 17.6 Å². The van der Waals surface area contributed by atoms with Crippen molar-refractivity contribution in [2.24, 2.45) is 5.73 Å². The van der Waals surface area contributed by atoms with Gasteiger partial charge < -0.3 is 35.7 Å². The molecule has 0 radical (unpaired) electrons. The van der Waals surface area contributed by atoms with Crippen molar-refractivity contribution in [1.29, 1.82) is 0 Å². The lowest BCUT2D eigenvalue weighted by Gasteiger charge is -2.31. The van der Waals surface area contributed by atoms with E-state index in [0.717, 1.165) is 18.2 Å². The molecule has 4 aromatic rings. The minimum atomic E-state index is -5.29. The summed E-state index contributed by atoms with van der Waals surface area (Å²) in [6.45, 7) is 4.09. The van der Waals surface area contributed by atoms with Crippen LogP contribution in [-0.4, -0.2) is 58.6 Å². The van der Waals surface area contributed by atoms with Crippen LogP contribution in [0.5, 0.6) is 11.5 Å². The first kappa shape index (κ1) is 32.7. The smallest absolute Gasteiger partial charge is 0.424 e. The van der Waals surface area contributed by atoms with Crippen LogP contribution in [-0.2, 0) is 11.1 Å². The van der Waals surface area contributed by atoms with Crippen molar-refractivity contribution in [3.05, 3.63) is 77.4 Å². The first-order valence-corrected chi connectivity index (χ1v) is 13.9. The van der Waals surface area contributed by atoms with Gasteiger partial charge in [0.2, 0.25) is 5.60 Å². The Morgan fingerprint density at radius 1 is 1.18 bits per heavy atom. The predicted molar refractivity (Wildman–Crippen MR) is 156 cm³/mol. The van der Waals surface area contributed by atoms with Crippen molar-refractivity contribution >= 4 is 16.8 Å². The van der Waals surface area contributed by atoms with Gasteiger partial charge in [-0.15, -0.1) is 0 Å². The van der Waals surface area contributed by atoms with Crippen molar-refractivity contribution < 1.29 is 42.0 Å². The van der Waals surface area contributed by atoms with E-state index in [0.29, 0.717) is 10.9 Å². The van der Waals surface area contributed by atoms with Crippen molar-refractivity contribution in [1.82, 2.24) is 15.3 Å². The third-order valence-corrected chi connectivity index (χ3v) is 6.85. The second-order valence-corrected chi connectivity index (χ2v) is 10.7. The Bertz CT molecular complexity index is 1620. The average molecular weight is 619 g/mol. The molecule has 6 N–H and O–H groups in total. The second-order valence-electron chi connectivity index (χ2n) is 10.7. The largest absolute Gasteiger partial charge is 0.489 e. The van der Waals surface area contributed by atoms with Gasteiger partial charge in [-0.25, -0.2) is 9.37 Å². The number of alkyl halides is 3. The summed E-state index contributed by atoms with van der Waals surface area (Å²) in [4.78, 5) is 20.1. The molecule has 2 aromatic heterocycles. The Kier molecular flexibility index (Phi) is 9.52. The van der Waals surface area contributed by atoms with Gasteiger partial charge in [0.15, 0.2) is 5.75 Å². The molecule has 2 atom stereocenters. The van der Waals surface area contributed by atoms with Crippen molar-refractivity contribution in [3.8, 4) is 22.8 Å². The minimum absolute atomic E-state index is 0.0357. The highest BCUT2D eigenvalue weighted by atomic mass is 19.4. The number of aliphatic hydroxyl groups is 2. The molecule has 2 aromatic carbocycles. The van der Waals surface area contributed by atoms with E-state index in [1.54, 1.807) is 19.2 Å². The van der Waals surface area contributed by atoms with Gasteiger partial charge >= 0.3 is 6.18 Å². The van der Waals surface area contributed by atoms with E-state index < -0.39 is 41.3 Å². The molecule has 0 bridgehead atoms. The molecule has 1 aliphatic rings. The van der Waals surface area contributed by atoms with Gasteiger partial charge in [-0.05, 0) is 55.5 Å². The summed E-state index contributed by atoms with van der Waals surface area (Å²) in [5.41, 5.74) is 1.45. The normalized spacial score (nSPS) is 17.2. The zero-order valence-electron chi connectivity index (χ0n) is 24.4. The number of aliphatic hydroxyl groups excluding tert-OH is 1. The van der Waals surface area contributed by atoms with Crippen molar-refractivity contribution in [2.75, 3.05) is 26.4 Å². The molecule has 236 valence electrons. The van der Waals surface area contributed by atoms with Crippen LogP contribution in [0.3, 0.4) is 0 Å². The number of nitrogens with one attached hydrogen (secondary N) is 2. The van der Waals surface area contributed by atoms with E-state index in [9.17, 15) is 27.5 Å².